The molecule has 1 unspecified atom stereocenters. The lowest BCUT2D eigenvalue weighted by molar-refractivity contribution is -0.127. The molecule has 0 bridgehead atoms. The van der Waals surface area contributed by atoms with Crippen molar-refractivity contribution in [3.8, 4) is 0 Å². The molecule has 0 spiro atoms. The second-order valence-electron chi connectivity index (χ2n) is 6.12. The molecule has 23 heavy (non-hydrogen) atoms. The lowest BCUT2D eigenvalue weighted by Crippen LogP contribution is -2.41. The van der Waals surface area contributed by atoms with Gasteiger partial charge in [0.25, 0.3) is 0 Å². The quantitative estimate of drug-likeness (QED) is 0.587. The van der Waals surface area contributed by atoms with Crippen molar-refractivity contribution in [2.24, 2.45) is 10.9 Å². The SMILES string of the molecule is CC(C)CNC(=NCC(=O)N(C)C)NC(C)c1ccccc1Br. The highest BCUT2D eigenvalue weighted by molar-refractivity contribution is 9.10. The van der Waals surface area contributed by atoms with Crippen LogP contribution in [0, 0.1) is 5.92 Å². The van der Waals surface area contributed by atoms with Gasteiger partial charge in [0.1, 0.15) is 6.54 Å². The van der Waals surface area contributed by atoms with Crippen molar-refractivity contribution in [2.45, 2.75) is 26.8 Å². The zero-order valence-corrected chi connectivity index (χ0v) is 16.1. The molecule has 1 amide bonds. The number of guanidine groups is 1. The fourth-order valence-corrected chi connectivity index (χ4v) is 2.48. The van der Waals surface area contributed by atoms with Gasteiger partial charge in [0.2, 0.25) is 5.91 Å². The predicted molar refractivity (Wildman–Crippen MR) is 99.5 cm³/mol. The van der Waals surface area contributed by atoms with Gasteiger partial charge in [-0.3, -0.25) is 4.79 Å². The first-order valence-electron chi connectivity index (χ1n) is 7.80. The van der Waals surface area contributed by atoms with E-state index in [1.165, 1.54) is 0 Å². The normalized spacial score (nSPS) is 12.9. The maximum atomic E-state index is 11.8. The first kappa shape index (κ1) is 19.5. The second kappa shape index (κ2) is 9.55. The minimum atomic E-state index is -0.0239. The lowest BCUT2D eigenvalue weighted by atomic mass is 10.1. The summed E-state index contributed by atoms with van der Waals surface area (Å²) in [6, 6.07) is 8.14. The topological polar surface area (TPSA) is 56.7 Å². The summed E-state index contributed by atoms with van der Waals surface area (Å²) in [6.07, 6.45) is 0. The van der Waals surface area contributed by atoms with Crippen LogP contribution in [0.1, 0.15) is 32.4 Å². The summed E-state index contributed by atoms with van der Waals surface area (Å²) in [5.74, 6) is 1.12. The Morgan fingerprint density at radius 3 is 2.48 bits per heavy atom. The van der Waals surface area contributed by atoms with Gasteiger partial charge in [-0.1, -0.05) is 48.0 Å². The zero-order chi connectivity index (χ0) is 17.4. The van der Waals surface area contributed by atoms with Crippen LogP contribution in [0.25, 0.3) is 0 Å². The summed E-state index contributed by atoms with van der Waals surface area (Å²) in [6.45, 7) is 7.26. The molecule has 0 aliphatic heterocycles. The Morgan fingerprint density at radius 1 is 1.26 bits per heavy atom. The standard InChI is InChI=1S/C17H27BrN4O/c1-12(2)10-19-17(20-11-16(23)22(4)5)21-13(3)14-8-6-7-9-15(14)18/h6-9,12-13H,10-11H2,1-5H3,(H2,19,20,21). The molecule has 5 nitrogen and oxygen atoms in total. The number of carbonyl (C=O) groups is 1. The monoisotopic (exact) mass is 382 g/mol. The van der Waals surface area contributed by atoms with Crippen molar-refractivity contribution in [3.63, 3.8) is 0 Å². The van der Waals surface area contributed by atoms with Gasteiger partial charge in [-0.2, -0.15) is 0 Å². The van der Waals surface area contributed by atoms with Crippen molar-refractivity contribution < 1.29 is 4.79 Å². The van der Waals surface area contributed by atoms with Gasteiger partial charge in [-0.25, -0.2) is 4.99 Å². The van der Waals surface area contributed by atoms with Crippen LogP contribution in [0.5, 0.6) is 0 Å². The number of carbonyl (C=O) groups excluding carboxylic acids is 1. The van der Waals surface area contributed by atoms with Gasteiger partial charge >= 0.3 is 0 Å². The lowest BCUT2D eigenvalue weighted by Gasteiger charge is -2.20. The summed E-state index contributed by atoms with van der Waals surface area (Å²) in [7, 11) is 3.46. The van der Waals surface area contributed by atoms with E-state index >= 15 is 0 Å². The Labute approximate surface area is 147 Å². The molecule has 2 N–H and O–H groups in total. The van der Waals surface area contributed by atoms with Crippen LogP contribution in [-0.4, -0.2) is 44.0 Å². The fourth-order valence-electron chi connectivity index (χ4n) is 1.85. The molecular formula is C17H27BrN4O. The number of nitrogens with one attached hydrogen (secondary N) is 2. The number of hydrogen-bond acceptors (Lipinski definition) is 2. The van der Waals surface area contributed by atoms with E-state index in [0.29, 0.717) is 11.9 Å². The summed E-state index contributed by atoms with van der Waals surface area (Å²) >= 11 is 3.57. The molecule has 1 aromatic rings. The van der Waals surface area contributed by atoms with Crippen molar-refractivity contribution in [1.82, 2.24) is 15.5 Å². The number of nitrogens with zero attached hydrogens (tertiary/aromatic N) is 2. The molecule has 128 valence electrons. The van der Waals surface area contributed by atoms with E-state index < -0.39 is 0 Å². The number of benzene rings is 1. The average molecular weight is 383 g/mol. The Kier molecular flexibility index (Phi) is 8.09. The molecule has 0 aliphatic rings. The average Bonchev–Trinajstić information content (AvgIpc) is 2.49. The Hall–Kier alpha value is -1.56. The van der Waals surface area contributed by atoms with Gasteiger partial charge in [0.05, 0.1) is 6.04 Å². The number of rotatable bonds is 6. The van der Waals surface area contributed by atoms with Crippen LogP contribution in [0.15, 0.2) is 33.7 Å². The van der Waals surface area contributed by atoms with Crippen LogP contribution in [0.4, 0.5) is 0 Å². The highest BCUT2D eigenvalue weighted by Crippen LogP contribution is 2.22. The van der Waals surface area contributed by atoms with Crippen molar-refractivity contribution >= 4 is 27.8 Å². The molecule has 1 atom stereocenters. The minimum absolute atomic E-state index is 0.0239. The molecule has 0 saturated carbocycles. The molecule has 6 heteroatoms. The maximum absolute atomic E-state index is 11.8. The highest BCUT2D eigenvalue weighted by Gasteiger charge is 2.12. The fraction of sp³-hybridized carbons (Fsp3) is 0.529. The first-order chi connectivity index (χ1) is 10.8. The van der Waals surface area contributed by atoms with E-state index in [-0.39, 0.29) is 18.5 Å². The van der Waals surface area contributed by atoms with Crippen LogP contribution in [-0.2, 0) is 4.79 Å². The van der Waals surface area contributed by atoms with Crippen LogP contribution in [0.2, 0.25) is 0 Å². The van der Waals surface area contributed by atoms with Gasteiger partial charge in [0, 0.05) is 25.1 Å². The predicted octanol–water partition coefficient (Wildman–Crippen LogP) is 2.79. The Bertz CT molecular complexity index is 543. The van der Waals surface area contributed by atoms with Crippen molar-refractivity contribution in [2.75, 3.05) is 27.2 Å². The van der Waals surface area contributed by atoms with E-state index in [4.69, 9.17) is 0 Å². The number of likely N-dealkylation sites (N-methyl/N-ethyl adjacent to an activating group) is 1. The number of aliphatic imine (C=N–C) groups is 1. The van der Waals surface area contributed by atoms with Crippen LogP contribution in [0.3, 0.4) is 0 Å². The summed E-state index contributed by atoms with van der Waals surface area (Å²) in [5.41, 5.74) is 1.14. The largest absolute Gasteiger partial charge is 0.356 e. The summed E-state index contributed by atoms with van der Waals surface area (Å²) in [4.78, 5) is 17.7. The second-order valence-corrected chi connectivity index (χ2v) is 6.97. The third-order valence-electron chi connectivity index (χ3n) is 3.27. The van der Waals surface area contributed by atoms with E-state index in [2.05, 4.69) is 58.4 Å². The summed E-state index contributed by atoms with van der Waals surface area (Å²) in [5, 5.41) is 6.65. The molecular weight excluding hydrogens is 356 g/mol. The molecule has 0 fully saturated rings. The molecule has 0 radical (unpaired) electrons. The molecule has 1 rings (SSSR count). The molecule has 0 aliphatic carbocycles. The Morgan fingerprint density at radius 2 is 1.91 bits per heavy atom. The van der Waals surface area contributed by atoms with E-state index in [9.17, 15) is 4.79 Å². The van der Waals surface area contributed by atoms with Crippen LogP contribution >= 0.6 is 15.9 Å². The van der Waals surface area contributed by atoms with Crippen LogP contribution < -0.4 is 10.6 Å². The zero-order valence-electron chi connectivity index (χ0n) is 14.6. The van der Waals surface area contributed by atoms with Gasteiger partial charge in [0.15, 0.2) is 5.96 Å². The smallest absolute Gasteiger partial charge is 0.243 e. The Balaban J connectivity index is 2.81. The van der Waals surface area contributed by atoms with E-state index in [0.717, 1.165) is 16.6 Å². The molecule has 1 aromatic carbocycles. The first-order valence-corrected chi connectivity index (χ1v) is 8.60. The molecule has 0 saturated heterocycles. The van der Waals surface area contributed by atoms with E-state index in [1.54, 1.807) is 19.0 Å². The molecule has 0 aromatic heterocycles. The van der Waals surface area contributed by atoms with Gasteiger partial charge in [-0.15, -0.1) is 0 Å². The number of amides is 1. The van der Waals surface area contributed by atoms with Crippen molar-refractivity contribution in [1.29, 1.82) is 0 Å². The van der Waals surface area contributed by atoms with Gasteiger partial charge in [-0.05, 0) is 24.5 Å². The molecule has 0 heterocycles. The number of halogens is 1. The maximum Gasteiger partial charge on any atom is 0.243 e. The number of hydrogen-bond donors (Lipinski definition) is 2. The third-order valence-corrected chi connectivity index (χ3v) is 4.00. The van der Waals surface area contributed by atoms with E-state index in [1.807, 2.05) is 18.2 Å². The third kappa shape index (κ3) is 7.03. The minimum Gasteiger partial charge on any atom is -0.356 e. The highest BCUT2D eigenvalue weighted by atomic mass is 79.9. The van der Waals surface area contributed by atoms with Gasteiger partial charge < -0.3 is 15.5 Å². The summed E-state index contributed by atoms with van der Waals surface area (Å²) < 4.78 is 1.05. The van der Waals surface area contributed by atoms with Crippen molar-refractivity contribution in [3.05, 3.63) is 34.3 Å².